The van der Waals surface area contributed by atoms with Crippen LogP contribution in [0, 0.1) is 5.92 Å². The predicted octanol–water partition coefficient (Wildman–Crippen LogP) is 1.85. The number of hydrogen-bond acceptors (Lipinski definition) is 2. The van der Waals surface area contributed by atoms with Crippen LogP contribution in [0.1, 0.15) is 39.5 Å². The molecule has 0 aromatic carbocycles. The van der Waals surface area contributed by atoms with Crippen LogP contribution in [0.4, 0.5) is 0 Å². The first-order valence-corrected chi connectivity index (χ1v) is 5.75. The summed E-state index contributed by atoms with van der Waals surface area (Å²) in [5.41, 5.74) is 5.76. The summed E-state index contributed by atoms with van der Waals surface area (Å²) < 4.78 is 0. The van der Waals surface area contributed by atoms with E-state index in [1.807, 2.05) is 0 Å². The van der Waals surface area contributed by atoms with Crippen LogP contribution in [0.2, 0.25) is 0 Å². The second-order valence-electron chi connectivity index (χ2n) is 4.21. The molecule has 1 atom stereocenters. The van der Waals surface area contributed by atoms with E-state index in [4.69, 9.17) is 5.73 Å². The lowest BCUT2D eigenvalue weighted by atomic mass is 10.0. The van der Waals surface area contributed by atoms with Crippen LogP contribution in [0.3, 0.4) is 0 Å². The van der Waals surface area contributed by atoms with Gasteiger partial charge in [-0.3, -0.25) is 0 Å². The zero-order valence-corrected chi connectivity index (χ0v) is 9.13. The van der Waals surface area contributed by atoms with E-state index in [2.05, 4.69) is 18.7 Å². The van der Waals surface area contributed by atoms with Gasteiger partial charge in [-0.2, -0.15) is 0 Å². The number of nitrogens with two attached hydrogens (primary N) is 1. The largest absolute Gasteiger partial charge is 0.330 e. The van der Waals surface area contributed by atoms with E-state index in [1.165, 1.54) is 38.8 Å². The summed E-state index contributed by atoms with van der Waals surface area (Å²) in [7, 11) is 0. The summed E-state index contributed by atoms with van der Waals surface area (Å²) in [6, 6.07) is 0.899. The van der Waals surface area contributed by atoms with Gasteiger partial charge in [-0.1, -0.05) is 20.3 Å². The standard InChI is InChI=1S/C11H24N2/c1-3-5-10(8-12)9-13(4-2)11-6-7-11/h10-11H,3-9,12H2,1-2H3. The zero-order chi connectivity index (χ0) is 9.68. The lowest BCUT2D eigenvalue weighted by Gasteiger charge is -2.25. The average molecular weight is 184 g/mol. The molecule has 1 saturated carbocycles. The van der Waals surface area contributed by atoms with Gasteiger partial charge in [0.2, 0.25) is 0 Å². The van der Waals surface area contributed by atoms with Gasteiger partial charge in [-0.25, -0.2) is 0 Å². The van der Waals surface area contributed by atoms with Gasteiger partial charge < -0.3 is 10.6 Å². The molecule has 0 saturated heterocycles. The van der Waals surface area contributed by atoms with Crippen LogP contribution in [-0.2, 0) is 0 Å². The molecule has 0 heterocycles. The molecule has 2 nitrogen and oxygen atoms in total. The molecule has 0 aromatic rings. The van der Waals surface area contributed by atoms with Crippen molar-refractivity contribution in [3.8, 4) is 0 Å². The molecule has 1 rings (SSSR count). The summed E-state index contributed by atoms with van der Waals surface area (Å²) in [5, 5.41) is 0. The minimum atomic E-state index is 0.727. The number of rotatable bonds is 7. The molecule has 0 amide bonds. The second-order valence-corrected chi connectivity index (χ2v) is 4.21. The van der Waals surface area contributed by atoms with Gasteiger partial charge in [0, 0.05) is 12.6 Å². The lowest BCUT2D eigenvalue weighted by Crippen LogP contribution is -2.34. The van der Waals surface area contributed by atoms with E-state index < -0.39 is 0 Å². The molecular weight excluding hydrogens is 160 g/mol. The van der Waals surface area contributed by atoms with Crippen LogP contribution < -0.4 is 5.73 Å². The third kappa shape index (κ3) is 3.65. The van der Waals surface area contributed by atoms with E-state index in [9.17, 15) is 0 Å². The lowest BCUT2D eigenvalue weighted by molar-refractivity contribution is 0.227. The maximum Gasteiger partial charge on any atom is 0.00964 e. The third-order valence-electron chi connectivity index (χ3n) is 2.99. The third-order valence-corrected chi connectivity index (χ3v) is 2.99. The van der Waals surface area contributed by atoms with Crippen LogP contribution >= 0.6 is 0 Å². The molecule has 1 aliphatic carbocycles. The van der Waals surface area contributed by atoms with Crippen molar-refractivity contribution < 1.29 is 0 Å². The van der Waals surface area contributed by atoms with Crippen LogP contribution in [0.5, 0.6) is 0 Å². The first-order chi connectivity index (χ1) is 6.31. The fraction of sp³-hybridized carbons (Fsp3) is 1.00. The van der Waals surface area contributed by atoms with E-state index in [-0.39, 0.29) is 0 Å². The van der Waals surface area contributed by atoms with Crippen molar-refractivity contribution in [3.05, 3.63) is 0 Å². The summed E-state index contributed by atoms with van der Waals surface area (Å²) in [6.45, 7) is 7.79. The molecular formula is C11H24N2. The molecule has 0 aliphatic heterocycles. The van der Waals surface area contributed by atoms with Gasteiger partial charge in [0.15, 0.2) is 0 Å². The van der Waals surface area contributed by atoms with Gasteiger partial charge >= 0.3 is 0 Å². The normalized spacial score (nSPS) is 19.4. The molecule has 2 heteroatoms. The number of hydrogen-bond donors (Lipinski definition) is 1. The highest BCUT2D eigenvalue weighted by atomic mass is 15.2. The van der Waals surface area contributed by atoms with Crippen molar-refractivity contribution in [3.63, 3.8) is 0 Å². The molecule has 78 valence electrons. The minimum Gasteiger partial charge on any atom is -0.330 e. The topological polar surface area (TPSA) is 29.3 Å². The van der Waals surface area contributed by atoms with Crippen LogP contribution in [0.25, 0.3) is 0 Å². The Bertz CT molecular complexity index is 132. The number of nitrogens with zero attached hydrogens (tertiary/aromatic N) is 1. The quantitative estimate of drug-likeness (QED) is 0.654. The summed E-state index contributed by atoms with van der Waals surface area (Å²) in [6.07, 6.45) is 5.39. The van der Waals surface area contributed by atoms with Gasteiger partial charge in [-0.05, 0) is 38.3 Å². The Kier molecular flexibility index (Phi) is 4.74. The Morgan fingerprint density at radius 1 is 1.38 bits per heavy atom. The Labute approximate surface area is 82.5 Å². The molecule has 0 bridgehead atoms. The first kappa shape index (κ1) is 11.0. The maximum atomic E-state index is 5.76. The maximum absolute atomic E-state index is 5.76. The monoisotopic (exact) mass is 184 g/mol. The molecule has 2 N–H and O–H groups in total. The fourth-order valence-electron chi connectivity index (χ4n) is 2.00. The molecule has 1 aliphatic rings. The smallest absolute Gasteiger partial charge is 0.00964 e. The molecule has 0 aromatic heterocycles. The molecule has 1 fully saturated rings. The van der Waals surface area contributed by atoms with Crippen molar-refractivity contribution in [1.29, 1.82) is 0 Å². The van der Waals surface area contributed by atoms with Crippen molar-refractivity contribution in [2.75, 3.05) is 19.6 Å². The molecule has 0 spiro atoms. The molecule has 0 radical (unpaired) electrons. The first-order valence-electron chi connectivity index (χ1n) is 5.75. The van der Waals surface area contributed by atoms with Crippen molar-refractivity contribution in [2.45, 2.75) is 45.6 Å². The van der Waals surface area contributed by atoms with Crippen molar-refractivity contribution in [2.24, 2.45) is 11.7 Å². The van der Waals surface area contributed by atoms with Crippen molar-refractivity contribution in [1.82, 2.24) is 4.90 Å². The van der Waals surface area contributed by atoms with E-state index in [0.717, 1.165) is 18.5 Å². The van der Waals surface area contributed by atoms with Crippen molar-refractivity contribution >= 4 is 0 Å². The van der Waals surface area contributed by atoms with Gasteiger partial charge in [-0.15, -0.1) is 0 Å². The highest BCUT2D eigenvalue weighted by Gasteiger charge is 2.28. The van der Waals surface area contributed by atoms with Gasteiger partial charge in [0.1, 0.15) is 0 Å². The SMILES string of the molecule is CCCC(CN)CN(CC)C1CC1. The fourth-order valence-corrected chi connectivity index (χ4v) is 2.00. The summed E-state index contributed by atoms with van der Waals surface area (Å²) >= 11 is 0. The van der Waals surface area contributed by atoms with E-state index in [1.54, 1.807) is 0 Å². The average Bonchev–Trinajstić information content (AvgIpc) is 2.95. The minimum absolute atomic E-state index is 0.727. The Balaban J connectivity index is 2.24. The predicted molar refractivity (Wildman–Crippen MR) is 57.7 cm³/mol. The summed E-state index contributed by atoms with van der Waals surface area (Å²) in [4.78, 5) is 2.60. The van der Waals surface area contributed by atoms with Gasteiger partial charge in [0.25, 0.3) is 0 Å². The van der Waals surface area contributed by atoms with Crippen LogP contribution in [-0.4, -0.2) is 30.6 Å². The summed E-state index contributed by atoms with van der Waals surface area (Å²) in [5.74, 6) is 0.727. The van der Waals surface area contributed by atoms with Gasteiger partial charge in [0.05, 0.1) is 0 Å². The molecule has 1 unspecified atom stereocenters. The Morgan fingerprint density at radius 3 is 2.46 bits per heavy atom. The zero-order valence-electron chi connectivity index (χ0n) is 9.13. The van der Waals surface area contributed by atoms with E-state index in [0.29, 0.717) is 0 Å². The Morgan fingerprint density at radius 2 is 2.08 bits per heavy atom. The Hall–Kier alpha value is -0.0800. The highest BCUT2D eigenvalue weighted by Crippen LogP contribution is 2.27. The van der Waals surface area contributed by atoms with Crippen LogP contribution in [0.15, 0.2) is 0 Å². The van der Waals surface area contributed by atoms with E-state index >= 15 is 0 Å². The highest BCUT2D eigenvalue weighted by molar-refractivity contribution is 4.85. The second kappa shape index (κ2) is 5.61. The molecule has 13 heavy (non-hydrogen) atoms.